The number of thioether (sulfide) groups is 1. The van der Waals surface area contributed by atoms with Crippen molar-refractivity contribution in [2.45, 2.75) is 18.0 Å². The number of halogens is 3. The number of hydrogen-bond acceptors (Lipinski definition) is 8. The van der Waals surface area contributed by atoms with Crippen LogP contribution in [0.15, 0.2) is 109 Å². The number of hydrogen-bond donors (Lipinski definition) is 3. The molecule has 0 radical (unpaired) electrons. The van der Waals surface area contributed by atoms with Gasteiger partial charge in [0, 0.05) is 17.2 Å². The van der Waals surface area contributed by atoms with Crippen LogP contribution in [0.25, 0.3) is 11.4 Å². The van der Waals surface area contributed by atoms with Crippen LogP contribution in [0.1, 0.15) is 11.1 Å². The number of carboxylic acids is 1. The zero-order valence-corrected chi connectivity index (χ0v) is 23.8. The monoisotopic (exact) mass is 617 g/mol. The van der Waals surface area contributed by atoms with Crippen molar-refractivity contribution in [3.8, 4) is 22.9 Å². The Morgan fingerprint density at radius 3 is 2.14 bits per heavy atom. The van der Waals surface area contributed by atoms with Gasteiger partial charge in [-0.05, 0) is 54.1 Å². The lowest BCUT2D eigenvalue weighted by molar-refractivity contribution is -0.138. The summed E-state index contributed by atoms with van der Waals surface area (Å²) >= 11 is 1.43. The fourth-order valence-electron chi connectivity index (χ4n) is 4.04. The van der Waals surface area contributed by atoms with Gasteiger partial charge in [0.2, 0.25) is 11.9 Å². The number of nitrogens with one attached hydrogen (secondary N) is 2. The standard InChI is InChI=1S/C32H26F3N5O3S/c33-32(34,35)22-15-17-23(18-16-22)36-30-38-28(25-13-7-8-14-27(25)43-24-11-5-2-6-12-24)39-31(40-30)37-26(29(41)42)20-44-19-21-9-3-1-4-10-21/h1-18,26H,19-20H2,(H,41,42)(H2,36,37,38,39,40). The molecule has 3 N–H and O–H groups in total. The summed E-state index contributed by atoms with van der Waals surface area (Å²) in [6.45, 7) is 0. The predicted octanol–water partition coefficient (Wildman–Crippen LogP) is 7.89. The van der Waals surface area contributed by atoms with E-state index in [1.54, 1.807) is 36.4 Å². The predicted molar refractivity (Wildman–Crippen MR) is 164 cm³/mol. The van der Waals surface area contributed by atoms with Gasteiger partial charge in [0.25, 0.3) is 0 Å². The third kappa shape index (κ3) is 8.26. The first-order valence-corrected chi connectivity index (χ1v) is 14.5. The molecule has 1 heterocycles. The van der Waals surface area contributed by atoms with Gasteiger partial charge in [-0.25, -0.2) is 4.79 Å². The van der Waals surface area contributed by atoms with Crippen molar-refractivity contribution in [1.82, 2.24) is 15.0 Å². The Kier molecular flexibility index (Phi) is 9.60. The number of aromatic nitrogens is 3. The van der Waals surface area contributed by atoms with Gasteiger partial charge in [-0.15, -0.1) is 0 Å². The first-order chi connectivity index (χ1) is 21.2. The number of alkyl halides is 3. The van der Waals surface area contributed by atoms with Crippen molar-refractivity contribution < 1.29 is 27.8 Å². The quantitative estimate of drug-likeness (QED) is 0.129. The Labute approximate surface area is 255 Å². The molecule has 224 valence electrons. The maximum atomic E-state index is 13.1. The lowest BCUT2D eigenvalue weighted by Gasteiger charge is -2.17. The number of carboxylic acid groups (broad SMARTS) is 1. The number of anilines is 3. The third-order valence-electron chi connectivity index (χ3n) is 6.20. The maximum Gasteiger partial charge on any atom is 0.416 e. The summed E-state index contributed by atoms with van der Waals surface area (Å²) in [5.41, 5.74) is 1.04. The van der Waals surface area contributed by atoms with E-state index in [4.69, 9.17) is 4.74 Å². The van der Waals surface area contributed by atoms with E-state index in [1.165, 1.54) is 23.9 Å². The van der Waals surface area contributed by atoms with Crippen molar-refractivity contribution in [3.63, 3.8) is 0 Å². The lowest BCUT2D eigenvalue weighted by atomic mass is 10.2. The molecule has 4 aromatic carbocycles. The molecule has 0 saturated heterocycles. The Morgan fingerprint density at radius 2 is 1.45 bits per heavy atom. The number of benzene rings is 4. The molecule has 5 aromatic rings. The SMILES string of the molecule is O=C(O)C(CSCc1ccccc1)Nc1nc(Nc2ccc(C(F)(F)F)cc2)nc(-c2ccccc2Oc2ccccc2)n1. The Balaban J connectivity index is 1.45. The van der Waals surface area contributed by atoms with E-state index in [2.05, 4.69) is 25.6 Å². The second-order valence-electron chi connectivity index (χ2n) is 9.45. The molecule has 0 saturated carbocycles. The van der Waals surface area contributed by atoms with Crippen molar-refractivity contribution in [2.24, 2.45) is 0 Å². The van der Waals surface area contributed by atoms with Gasteiger partial charge in [0.15, 0.2) is 5.82 Å². The topological polar surface area (TPSA) is 109 Å². The largest absolute Gasteiger partial charge is 0.480 e. The molecule has 1 atom stereocenters. The Hall–Kier alpha value is -5.10. The van der Waals surface area contributed by atoms with Crippen molar-refractivity contribution in [1.29, 1.82) is 0 Å². The molecular weight excluding hydrogens is 591 g/mol. The van der Waals surface area contributed by atoms with Crippen LogP contribution in [0.2, 0.25) is 0 Å². The van der Waals surface area contributed by atoms with E-state index < -0.39 is 23.8 Å². The number of carbonyl (C=O) groups is 1. The zero-order chi connectivity index (χ0) is 30.9. The summed E-state index contributed by atoms with van der Waals surface area (Å²) in [6.07, 6.45) is -4.48. The number of ether oxygens (including phenoxy) is 1. The molecule has 0 aliphatic rings. The van der Waals surface area contributed by atoms with Crippen LogP contribution in [0.4, 0.5) is 30.8 Å². The van der Waals surface area contributed by atoms with Gasteiger partial charge in [-0.2, -0.15) is 39.9 Å². The summed E-state index contributed by atoms with van der Waals surface area (Å²) in [5.74, 6) is 0.850. The van der Waals surface area contributed by atoms with Gasteiger partial charge in [0.1, 0.15) is 17.5 Å². The highest BCUT2D eigenvalue weighted by Crippen LogP contribution is 2.33. The minimum atomic E-state index is -4.48. The van der Waals surface area contributed by atoms with Crippen LogP contribution in [0.3, 0.4) is 0 Å². The van der Waals surface area contributed by atoms with Gasteiger partial charge < -0.3 is 20.5 Å². The van der Waals surface area contributed by atoms with E-state index in [1.807, 2.05) is 48.5 Å². The summed E-state index contributed by atoms with van der Waals surface area (Å²) in [7, 11) is 0. The number of para-hydroxylation sites is 2. The zero-order valence-electron chi connectivity index (χ0n) is 23.0. The lowest BCUT2D eigenvalue weighted by Crippen LogP contribution is -2.32. The Morgan fingerprint density at radius 1 is 0.818 bits per heavy atom. The molecule has 0 spiro atoms. The first-order valence-electron chi connectivity index (χ1n) is 13.4. The Bertz CT molecular complexity index is 1690. The fraction of sp³-hybridized carbons (Fsp3) is 0.125. The van der Waals surface area contributed by atoms with Gasteiger partial charge >= 0.3 is 12.1 Å². The third-order valence-corrected chi connectivity index (χ3v) is 7.31. The second-order valence-corrected chi connectivity index (χ2v) is 10.5. The number of nitrogens with zero attached hydrogens (tertiary/aromatic N) is 3. The summed E-state index contributed by atoms with van der Waals surface area (Å²) in [6, 6.07) is 29.1. The molecule has 1 aromatic heterocycles. The molecule has 0 fully saturated rings. The van der Waals surface area contributed by atoms with Gasteiger partial charge in [-0.3, -0.25) is 0 Å². The van der Waals surface area contributed by atoms with Crippen LogP contribution in [0.5, 0.6) is 11.5 Å². The van der Waals surface area contributed by atoms with Crippen LogP contribution < -0.4 is 15.4 Å². The molecule has 0 aliphatic heterocycles. The van der Waals surface area contributed by atoms with Gasteiger partial charge in [-0.1, -0.05) is 60.7 Å². The summed E-state index contributed by atoms with van der Waals surface area (Å²) in [4.78, 5) is 25.5. The van der Waals surface area contributed by atoms with Crippen LogP contribution in [-0.2, 0) is 16.7 Å². The molecule has 0 amide bonds. The normalized spacial score (nSPS) is 11.9. The molecule has 0 bridgehead atoms. The highest BCUT2D eigenvalue weighted by atomic mass is 32.2. The van der Waals surface area contributed by atoms with E-state index >= 15 is 0 Å². The minimum absolute atomic E-state index is 0.00662. The minimum Gasteiger partial charge on any atom is -0.480 e. The number of rotatable bonds is 12. The first kappa shape index (κ1) is 30.4. The van der Waals surface area contributed by atoms with E-state index in [0.29, 0.717) is 28.5 Å². The van der Waals surface area contributed by atoms with Crippen LogP contribution >= 0.6 is 11.8 Å². The highest BCUT2D eigenvalue weighted by Gasteiger charge is 2.30. The second kappa shape index (κ2) is 13.9. The molecule has 8 nitrogen and oxygen atoms in total. The number of aliphatic carboxylic acids is 1. The highest BCUT2D eigenvalue weighted by molar-refractivity contribution is 7.98. The molecule has 0 aliphatic carbocycles. The smallest absolute Gasteiger partial charge is 0.416 e. The van der Waals surface area contributed by atoms with E-state index in [9.17, 15) is 23.1 Å². The van der Waals surface area contributed by atoms with Crippen LogP contribution in [0, 0.1) is 0 Å². The molecule has 1 unspecified atom stereocenters. The fourth-order valence-corrected chi connectivity index (χ4v) is 5.05. The maximum absolute atomic E-state index is 13.1. The van der Waals surface area contributed by atoms with E-state index in [-0.39, 0.29) is 23.5 Å². The van der Waals surface area contributed by atoms with Crippen molar-refractivity contribution in [3.05, 3.63) is 120 Å². The van der Waals surface area contributed by atoms with Crippen LogP contribution in [-0.4, -0.2) is 37.8 Å². The average molecular weight is 618 g/mol. The molecule has 44 heavy (non-hydrogen) atoms. The summed E-state index contributed by atoms with van der Waals surface area (Å²) < 4.78 is 45.3. The summed E-state index contributed by atoms with van der Waals surface area (Å²) in [5, 5.41) is 15.7. The van der Waals surface area contributed by atoms with Crippen molar-refractivity contribution >= 4 is 35.3 Å². The van der Waals surface area contributed by atoms with E-state index in [0.717, 1.165) is 17.7 Å². The average Bonchev–Trinajstić information content (AvgIpc) is 3.01. The van der Waals surface area contributed by atoms with Gasteiger partial charge in [0.05, 0.1) is 11.1 Å². The van der Waals surface area contributed by atoms with Crippen molar-refractivity contribution in [2.75, 3.05) is 16.4 Å². The molecule has 12 heteroatoms. The molecular formula is C32H26F3N5O3S. The molecule has 5 rings (SSSR count).